The van der Waals surface area contributed by atoms with Gasteiger partial charge in [-0.2, -0.15) is 13.2 Å². The van der Waals surface area contributed by atoms with Crippen LogP contribution in [0, 0.1) is 29.1 Å². The Morgan fingerprint density at radius 1 is 0.759 bits per heavy atom. The van der Waals surface area contributed by atoms with E-state index in [9.17, 15) is 13.2 Å². The molecule has 6 heteroatoms. The van der Waals surface area contributed by atoms with Crippen molar-refractivity contribution in [3.63, 3.8) is 0 Å². The minimum atomic E-state index is -4.01. The summed E-state index contributed by atoms with van der Waals surface area (Å²) in [7, 11) is 0. The molecule has 5 rings (SSSR count). The first kappa shape index (κ1) is 21.9. The Balaban J connectivity index is 1.24. The summed E-state index contributed by atoms with van der Waals surface area (Å²) in [5.74, 6) is -0.674. The van der Waals surface area contributed by atoms with Crippen molar-refractivity contribution in [2.45, 2.75) is 96.1 Å². The zero-order chi connectivity index (χ0) is 20.5. The molecule has 2 aliphatic carbocycles. The third-order valence-corrected chi connectivity index (χ3v) is 8.22. The topological polar surface area (TPSA) is 27.7 Å². The highest BCUT2D eigenvalue weighted by Gasteiger charge is 2.56. The zero-order valence-electron chi connectivity index (χ0n) is 17.8. The maximum absolute atomic E-state index is 12.9. The lowest BCUT2D eigenvalue weighted by Gasteiger charge is -2.55. The molecule has 2 bridgehead atoms. The van der Waals surface area contributed by atoms with Gasteiger partial charge in [-0.25, -0.2) is 0 Å². The molecule has 0 unspecified atom stereocenters. The van der Waals surface area contributed by atoms with Crippen molar-refractivity contribution in [1.82, 2.24) is 0 Å². The van der Waals surface area contributed by atoms with Crippen molar-refractivity contribution >= 4 is 0 Å². The number of unbranched alkanes of at least 4 members (excludes halogenated alkanes) is 2. The first-order valence-electron chi connectivity index (χ1n) is 11.8. The van der Waals surface area contributed by atoms with Crippen LogP contribution in [0.5, 0.6) is 0 Å². The third-order valence-electron chi connectivity index (χ3n) is 8.22. The van der Waals surface area contributed by atoms with Crippen LogP contribution in [0.3, 0.4) is 0 Å². The van der Waals surface area contributed by atoms with Gasteiger partial charge in [0.2, 0.25) is 0 Å². The fourth-order valence-corrected chi connectivity index (χ4v) is 6.19. The Bertz CT molecular complexity index is 509. The minimum Gasteiger partial charge on any atom is -0.326 e. The van der Waals surface area contributed by atoms with Crippen LogP contribution in [-0.4, -0.2) is 32.0 Å². The van der Waals surface area contributed by atoms with Gasteiger partial charge >= 0.3 is 6.18 Å². The minimum absolute atomic E-state index is 0.0330. The lowest BCUT2D eigenvalue weighted by Crippen LogP contribution is -2.63. The van der Waals surface area contributed by atoms with Crippen molar-refractivity contribution in [2.75, 3.05) is 19.8 Å². The van der Waals surface area contributed by atoms with Gasteiger partial charge < -0.3 is 14.2 Å². The van der Waals surface area contributed by atoms with E-state index in [1.54, 1.807) is 0 Å². The van der Waals surface area contributed by atoms with E-state index in [0.29, 0.717) is 24.7 Å². The summed E-state index contributed by atoms with van der Waals surface area (Å²) in [4.78, 5) is 0. The molecule has 168 valence electrons. The predicted octanol–water partition coefficient (Wildman–Crippen LogP) is 6.46. The smallest absolute Gasteiger partial charge is 0.326 e. The van der Waals surface area contributed by atoms with Crippen LogP contribution in [-0.2, 0) is 14.2 Å². The molecule has 0 spiro atoms. The molecule has 3 aliphatic heterocycles. The summed E-state index contributed by atoms with van der Waals surface area (Å²) in [5, 5.41) is 0. The van der Waals surface area contributed by atoms with Crippen LogP contribution < -0.4 is 0 Å². The number of hydrogen-bond donors (Lipinski definition) is 0. The van der Waals surface area contributed by atoms with Gasteiger partial charge in [0.25, 0.3) is 5.97 Å². The van der Waals surface area contributed by atoms with Gasteiger partial charge in [0.1, 0.15) is 0 Å². The Hall–Kier alpha value is -0.330. The lowest BCUT2D eigenvalue weighted by molar-refractivity contribution is -0.488. The first-order valence-corrected chi connectivity index (χ1v) is 11.8. The summed E-state index contributed by atoms with van der Waals surface area (Å²) in [6, 6.07) is 0. The number of ether oxygens (including phenoxy) is 3. The van der Waals surface area contributed by atoms with Crippen LogP contribution in [0.2, 0.25) is 0 Å². The van der Waals surface area contributed by atoms with Crippen molar-refractivity contribution in [3.8, 4) is 0 Å². The highest BCUT2D eigenvalue weighted by molar-refractivity contribution is 4.93. The van der Waals surface area contributed by atoms with Crippen LogP contribution in [0.25, 0.3) is 0 Å². The van der Waals surface area contributed by atoms with E-state index in [2.05, 4.69) is 6.92 Å². The number of halogens is 3. The van der Waals surface area contributed by atoms with Crippen molar-refractivity contribution in [1.29, 1.82) is 0 Å². The predicted molar refractivity (Wildman–Crippen MR) is 104 cm³/mol. The van der Waals surface area contributed by atoms with E-state index < -0.39 is 18.1 Å². The van der Waals surface area contributed by atoms with E-state index in [-0.39, 0.29) is 11.3 Å². The standard InChI is InChI=1S/C23H37F3O3/c1-2-3-4-13-21-14-27-23(28-15-21,29-16-21)20-11-7-18(8-12-20)17-5-9-19(10-6-17)22(24,25)26/h17-20H,2-16H2,1H3. The zero-order valence-corrected chi connectivity index (χ0v) is 17.8. The van der Waals surface area contributed by atoms with Crippen molar-refractivity contribution in [3.05, 3.63) is 0 Å². The molecule has 0 amide bonds. The van der Waals surface area contributed by atoms with E-state index in [4.69, 9.17) is 14.2 Å². The molecule has 0 radical (unpaired) electrons. The van der Waals surface area contributed by atoms with Gasteiger partial charge in [-0.3, -0.25) is 0 Å². The monoisotopic (exact) mass is 418 g/mol. The molecule has 2 saturated carbocycles. The Kier molecular flexibility index (Phi) is 6.54. The van der Waals surface area contributed by atoms with Gasteiger partial charge in [0, 0.05) is 11.3 Å². The average molecular weight is 419 g/mol. The van der Waals surface area contributed by atoms with Gasteiger partial charge in [-0.05, 0) is 69.6 Å². The maximum Gasteiger partial charge on any atom is 0.391 e. The van der Waals surface area contributed by atoms with Gasteiger partial charge in [0.05, 0.1) is 25.7 Å². The summed E-state index contributed by atoms with van der Waals surface area (Å²) < 4.78 is 57.4. The second-order valence-corrected chi connectivity index (χ2v) is 10.2. The van der Waals surface area contributed by atoms with Crippen LogP contribution in [0.4, 0.5) is 13.2 Å². The third kappa shape index (κ3) is 4.64. The molecule has 0 aromatic carbocycles. The molecular formula is C23H37F3O3. The fourth-order valence-electron chi connectivity index (χ4n) is 6.19. The van der Waals surface area contributed by atoms with E-state index in [1.807, 2.05) is 0 Å². The summed E-state index contributed by atoms with van der Waals surface area (Å²) >= 11 is 0. The summed E-state index contributed by atoms with van der Waals surface area (Å²) in [6.45, 7) is 4.42. The molecule has 0 aromatic rings. The molecule has 5 aliphatic rings. The number of hydrogen-bond acceptors (Lipinski definition) is 3. The van der Waals surface area contributed by atoms with Crippen LogP contribution >= 0.6 is 0 Å². The van der Waals surface area contributed by atoms with Crippen molar-refractivity contribution < 1.29 is 27.4 Å². The molecule has 0 aromatic heterocycles. The van der Waals surface area contributed by atoms with Gasteiger partial charge in [-0.1, -0.05) is 26.2 Å². The van der Waals surface area contributed by atoms with Gasteiger partial charge in [-0.15, -0.1) is 0 Å². The second-order valence-electron chi connectivity index (χ2n) is 10.2. The van der Waals surface area contributed by atoms with E-state index in [1.165, 1.54) is 19.3 Å². The van der Waals surface area contributed by atoms with Crippen molar-refractivity contribution in [2.24, 2.45) is 29.1 Å². The Morgan fingerprint density at radius 2 is 1.28 bits per heavy atom. The first-order chi connectivity index (χ1) is 13.9. The second kappa shape index (κ2) is 8.66. The molecule has 5 fully saturated rings. The Labute approximate surface area is 173 Å². The Morgan fingerprint density at radius 3 is 1.76 bits per heavy atom. The molecule has 29 heavy (non-hydrogen) atoms. The SMILES string of the molecule is CCCCCC12COC(C3CCC(C4CCC(C(F)(F)F)CC4)CC3)(OC1)OC2. The highest BCUT2D eigenvalue weighted by atomic mass is 19.4. The lowest BCUT2D eigenvalue weighted by atomic mass is 9.68. The average Bonchev–Trinajstić information content (AvgIpc) is 2.75. The van der Waals surface area contributed by atoms with E-state index >= 15 is 0 Å². The highest BCUT2D eigenvalue weighted by Crippen LogP contribution is 2.51. The number of alkyl halides is 3. The van der Waals surface area contributed by atoms with Crippen LogP contribution in [0.15, 0.2) is 0 Å². The molecule has 3 saturated heterocycles. The van der Waals surface area contributed by atoms with Crippen LogP contribution in [0.1, 0.15) is 84.0 Å². The number of fused-ring (bicyclic) bond motifs is 3. The summed E-state index contributed by atoms with van der Waals surface area (Å²) in [5.41, 5.74) is 0.0330. The molecular weight excluding hydrogens is 381 g/mol. The molecule has 3 nitrogen and oxygen atoms in total. The quantitative estimate of drug-likeness (QED) is 0.463. The normalized spacial score (nSPS) is 43.4. The molecule has 3 heterocycles. The molecule has 0 atom stereocenters. The van der Waals surface area contributed by atoms with Gasteiger partial charge in [0.15, 0.2) is 0 Å². The molecule has 0 N–H and O–H groups in total. The summed E-state index contributed by atoms with van der Waals surface area (Å²) in [6.07, 6.45) is 6.93. The number of rotatable bonds is 6. The largest absolute Gasteiger partial charge is 0.391 e. The van der Waals surface area contributed by atoms with E-state index in [0.717, 1.165) is 64.8 Å². The fraction of sp³-hybridized carbons (Fsp3) is 1.00. The maximum atomic E-state index is 12.9.